The molecular formula is C22H39NO4S. The Morgan fingerprint density at radius 3 is 2.68 bits per heavy atom. The van der Waals surface area contributed by atoms with Crippen molar-refractivity contribution in [2.24, 2.45) is 5.92 Å². The second-order valence-electron chi connectivity index (χ2n) is 8.51. The standard InChI is InChI=1S/C22H39NO4S/c1-3-26-20(22(24)25-2)16-17-8-10-18(11-9-17)27-14-12-23-13-15-28-21-7-5-4-6-19(21)23/h17-21H,3-16H2,1-2H3. The van der Waals surface area contributed by atoms with Crippen molar-refractivity contribution in [1.29, 1.82) is 0 Å². The summed E-state index contributed by atoms with van der Waals surface area (Å²) < 4.78 is 16.7. The van der Waals surface area contributed by atoms with E-state index in [4.69, 9.17) is 14.2 Å². The monoisotopic (exact) mass is 413 g/mol. The number of nitrogens with zero attached hydrogens (tertiary/aromatic N) is 1. The van der Waals surface area contributed by atoms with Crippen LogP contribution in [0.25, 0.3) is 0 Å². The van der Waals surface area contributed by atoms with Crippen molar-refractivity contribution < 1.29 is 19.0 Å². The van der Waals surface area contributed by atoms with Crippen LogP contribution in [-0.2, 0) is 19.0 Å². The Morgan fingerprint density at radius 2 is 1.93 bits per heavy atom. The predicted octanol–water partition coefficient (Wildman–Crippen LogP) is 3.89. The molecule has 1 saturated heterocycles. The number of hydrogen-bond donors (Lipinski definition) is 0. The van der Waals surface area contributed by atoms with Gasteiger partial charge in [-0.1, -0.05) is 12.8 Å². The zero-order chi connectivity index (χ0) is 19.8. The van der Waals surface area contributed by atoms with E-state index in [1.165, 1.54) is 45.1 Å². The highest BCUT2D eigenvalue weighted by Crippen LogP contribution is 2.35. The number of esters is 1. The van der Waals surface area contributed by atoms with Crippen molar-refractivity contribution in [3.8, 4) is 0 Å². The zero-order valence-electron chi connectivity index (χ0n) is 17.8. The molecule has 0 amide bonds. The summed E-state index contributed by atoms with van der Waals surface area (Å²) in [5.41, 5.74) is 0. The summed E-state index contributed by atoms with van der Waals surface area (Å²) in [4.78, 5) is 14.6. The fraction of sp³-hybridized carbons (Fsp3) is 0.955. The molecule has 0 N–H and O–H groups in total. The van der Waals surface area contributed by atoms with Crippen LogP contribution >= 0.6 is 11.8 Å². The van der Waals surface area contributed by atoms with Crippen molar-refractivity contribution in [3.63, 3.8) is 0 Å². The first-order chi connectivity index (χ1) is 13.7. The molecule has 3 aliphatic rings. The van der Waals surface area contributed by atoms with E-state index in [-0.39, 0.29) is 5.97 Å². The second kappa shape index (κ2) is 11.8. The Morgan fingerprint density at radius 1 is 1.14 bits per heavy atom. The summed E-state index contributed by atoms with van der Waals surface area (Å²) in [6.45, 7) is 5.67. The van der Waals surface area contributed by atoms with E-state index in [2.05, 4.69) is 16.7 Å². The van der Waals surface area contributed by atoms with Crippen LogP contribution in [0, 0.1) is 5.92 Å². The van der Waals surface area contributed by atoms with Crippen LogP contribution in [0.5, 0.6) is 0 Å². The van der Waals surface area contributed by atoms with Crippen molar-refractivity contribution in [3.05, 3.63) is 0 Å². The first-order valence-electron chi connectivity index (χ1n) is 11.4. The molecule has 1 heterocycles. The van der Waals surface area contributed by atoms with Gasteiger partial charge >= 0.3 is 5.97 Å². The van der Waals surface area contributed by atoms with E-state index < -0.39 is 6.10 Å². The van der Waals surface area contributed by atoms with Gasteiger partial charge in [0.25, 0.3) is 0 Å². The molecule has 3 atom stereocenters. The van der Waals surface area contributed by atoms with Gasteiger partial charge in [-0.25, -0.2) is 4.79 Å². The minimum absolute atomic E-state index is 0.235. The summed E-state index contributed by atoms with van der Waals surface area (Å²) in [5, 5.41) is 0.867. The molecule has 0 aromatic carbocycles. The molecule has 2 aliphatic carbocycles. The maximum Gasteiger partial charge on any atom is 0.334 e. The average molecular weight is 414 g/mol. The largest absolute Gasteiger partial charge is 0.467 e. The number of fused-ring (bicyclic) bond motifs is 1. The number of methoxy groups -OCH3 is 1. The first-order valence-corrected chi connectivity index (χ1v) is 12.4. The third kappa shape index (κ3) is 6.35. The summed E-state index contributed by atoms with van der Waals surface area (Å²) in [6, 6.07) is 0.792. The van der Waals surface area contributed by atoms with Gasteiger partial charge in [0, 0.05) is 36.7 Å². The van der Waals surface area contributed by atoms with Gasteiger partial charge in [-0.3, -0.25) is 4.90 Å². The summed E-state index contributed by atoms with van der Waals surface area (Å²) in [6.07, 6.45) is 10.8. The predicted molar refractivity (Wildman–Crippen MR) is 114 cm³/mol. The minimum Gasteiger partial charge on any atom is -0.467 e. The van der Waals surface area contributed by atoms with Crippen molar-refractivity contribution >= 4 is 17.7 Å². The molecule has 3 fully saturated rings. The summed E-state index contributed by atoms with van der Waals surface area (Å²) in [5.74, 6) is 1.59. The highest BCUT2D eigenvalue weighted by Gasteiger charge is 2.34. The molecule has 0 aromatic heterocycles. The average Bonchev–Trinajstić information content (AvgIpc) is 2.74. The third-order valence-corrected chi connectivity index (χ3v) is 8.15. The molecule has 3 unspecified atom stereocenters. The Balaban J connectivity index is 1.33. The Bertz CT molecular complexity index is 467. The molecule has 3 rings (SSSR count). The first kappa shape index (κ1) is 22.4. The van der Waals surface area contributed by atoms with E-state index in [0.29, 0.717) is 18.6 Å². The van der Waals surface area contributed by atoms with Gasteiger partial charge in [0.15, 0.2) is 6.10 Å². The number of carbonyl (C=O) groups excluding carboxylic acids is 1. The van der Waals surface area contributed by atoms with Crippen LogP contribution < -0.4 is 0 Å². The topological polar surface area (TPSA) is 48.0 Å². The van der Waals surface area contributed by atoms with Gasteiger partial charge in [-0.15, -0.1) is 0 Å². The molecule has 28 heavy (non-hydrogen) atoms. The SMILES string of the molecule is CCOC(CC1CCC(OCCN2CCSC3CCCCC32)CC1)C(=O)OC. The Hall–Kier alpha value is -0.300. The maximum absolute atomic E-state index is 11.9. The number of rotatable bonds is 9. The molecule has 0 spiro atoms. The van der Waals surface area contributed by atoms with Crippen molar-refractivity contribution in [1.82, 2.24) is 4.90 Å². The number of carbonyl (C=O) groups is 1. The highest BCUT2D eigenvalue weighted by atomic mass is 32.2. The van der Waals surface area contributed by atoms with Crippen molar-refractivity contribution in [2.45, 2.75) is 88.2 Å². The van der Waals surface area contributed by atoms with Crippen LogP contribution in [0.4, 0.5) is 0 Å². The van der Waals surface area contributed by atoms with E-state index in [1.807, 2.05) is 6.92 Å². The van der Waals surface area contributed by atoms with Gasteiger partial charge in [-0.2, -0.15) is 11.8 Å². The fourth-order valence-electron chi connectivity index (χ4n) is 5.19. The van der Waals surface area contributed by atoms with E-state index >= 15 is 0 Å². The Kier molecular flexibility index (Phi) is 9.41. The van der Waals surface area contributed by atoms with E-state index in [9.17, 15) is 4.79 Å². The molecule has 5 nitrogen and oxygen atoms in total. The normalized spacial score (nSPS) is 32.5. The number of ether oxygens (including phenoxy) is 3. The van der Waals surface area contributed by atoms with Gasteiger partial charge in [0.1, 0.15) is 0 Å². The second-order valence-corrected chi connectivity index (χ2v) is 9.86. The van der Waals surface area contributed by atoms with Crippen LogP contribution in [0.2, 0.25) is 0 Å². The van der Waals surface area contributed by atoms with Crippen LogP contribution in [0.3, 0.4) is 0 Å². The van der Waals surface area contributed by atoms with E-state index in [1.54, 1.807) is 0 Å². The lowest BCUT2D eigenvalue weighted by Gasteiger charge is -2.43. The van der Waals surface area contributed by atoms with Crippen LogP contribution in [0.1, 0.15) is 64.7 Å². The lowest BCUT2D eigenvalue weighted by molar-refractivity contribution is -0.155. The molecule has 0 aromatic rings. The smallest absolute Gasteiger partial charge is 0.334 e. The molecule has 162 valence electrons. The summed E-state index contributed by atoms with van der Waals surface area (Å²) >= 11 is 2.20. The highest BCUT2D eigenvalue weighted by molar-refractivity contribution is 8.00. The van der Waals surface area contributed by atoms with Gasteiger partial charge < -0.3 is 14.2 Å². The third-order valence-electron chi connectivity index (χ3n) is 6.75. The van der Waals surface area contributed by atoms with Crippen LogP contribution in [0.15, 0.2) is 0 Å². The van der Waals surface area contributed by atoms with Gasteiger partial charge in [0.2, 0.25) is 0 Å². The Labute approximate surface area is 175 Å². The molecule has 2 saturated carbocycles. The molecule has 1 aliphatic heterocycles. The van der Waals surface area contributed by atoms with E-state index in [0.717, 1.165) is 56.5 Å². The lowest BCUT2D eigenvalue weighted by atomic mass is 9.84. The maximum atomic E-state index is 11.9. The molecule has 0 radical (unpaired) electrons. The van der Waals surface area contributed by atoms with Crippen molar-refractivity contribution in [2.75, 3.05) is 39.2 Å². The van der Waals surface area contributed by atoms with Crippen LogP contribution in [-0.4, -0.2) is 73.5 Å². The minimum atomic E-state index is -0.405. The fourth-order valence-corrected chi connectivity index (χ4v) is 6.70. The quantitative estimate of drug-likeness (QED) is 0.535. The molecule has 0 bridgehead atoms. The zero-order valence-corrected chi connectivity index (χ0v) is 18.6. The lowest BCUT2D eigenvalue weighted by Crippen LogP contribution is -2.50. The molecule has 6 heteroatoms. The molecular weight excluding hydrogens is 374 g/mol. The van der Waals surface area contributed by atoms with Gasteiger partial charge in [-0.05, 0) is 57.8 Å². The summed E-state index contributed by atoms with van der Waals surface area (Å²) in [7, 11) is 1.44. The van der Waals surface area contributed by atoms with Gasteiger partial charge in [0.05, 0.1) is 19.8 Å². The number of thioether (sulfide) groups is 1. The number of hydrogen-bond acceptors (Lipinski definition) is 6.